The Bertz CT molecular complexity index is 498. The molecule has 1 aliphatic carbocycles. The van der Waals surface area contributed by atoms with Gasteiger partial charge in [-0.2, -0.15) is 13.2 Å². The Morgan fingerprint density at radius 2 is 2.05 bits per heavy atom. The van der Waals surface area contributed by atoms with E-state index in [1.807, 2.05) is 12.1 Å². The van der Waals surface area contributed by atoms with Gasteiger partial charge in [-0.1, -0.05) is 24.3 Å². The quantitative estimate of drug-likeness (QED) is 0.819. The van der Waals surface area contributed by atoms with Crippen LogP contribution in [0.15, 0.2) is 24.3 Å². The smallest absolute Gasteiger partial charge is 0.401 e. The lowest BCUT2D eigenvalue weighted by molar-refractivity contribution is -0.149. The zero-order valence-electron chi connectivity index (χ0n) is 11.7. The van der Waals surface area contributed by atoms with Gasteiger partial charge in [-0.15, -0.1) is 0 Å². The average Bonchev–Trinajstić information content (AvgIpc) is 3.23. The summed E-state index contributed by atoms with van der Waals surface area (Å²) in [4.78, 5) is 12.0. The van der Waals surface area contributed by atoms with Gasteiger partial charge in [-0.25, -0.2) is 4.79 Å². The van der Waals surface area contributed by atoms with Crippen molar-refractivity contribution in [2.24, 2.45) is 0 Å². The minimum atomic E-state index is -4.38. The number of carbonyl (C=O) groups is 1. The van der Waals surface area contributed by atoms with E-state index in [0.717, 1.165) is 18.4 Å². The molecule has 3 nitrogen and oxygen atoms in total. The first kappa shape index (κ1) is 15.8. The topological polar surface area (TPSA) is 38.3 Å². The predicted molar refractivity (Wildman–Crippen MR) is 71.8 cm³/mol. The van der Waals surface area contributed by atoms with E-state index in [9.17, 15) is 18.0 Å². The molecular formula is C15H18F3NO2. The van der Waals surface area contributed by atoms with E-state index < -0.39 is 24.7 Å². The number of ether oxygens (including phenoxy) is 1. The number of carbonyl (C=O) groups excluding carboxylic acids is 1. The van der Waals surface area contributed by atoms with Gasteiger partial charge in [0, 0.05) is 0 Å². The molecule has 1 N–H and O–H groups in total. The molecule has 0 bridgehead atoms. The third-order valence-electron chi connectivity index (χ3n) is 3.35. The molecule has 1 atom stereocenters. The minimum Gasteiger partial charge on any atom is -0.465 e. The van der Waals surface area contributed by atoms with Gasteiger partial charge in [-0.05, 0) is 36.8 Å². The first-order chi connectivity index (χ1) is 9.92. The van der Waals surface area contributed by atoms with Crippen LogP contribution in [-0.4, -0.2) is 25.3 Å². The van der Waals surface area contributed by atoms with Crippen LogP contribution < -0.4 is 5.32 Å². The van der Waals surface area contributed by atoms with Crippen molar-refractivity contribution < 1.29 is 22.7 Å². The number of rotatable bonds is 6. The lowest BCUT2D eigenvalue weighted by Gasteiger charge is -2.21. The monoisotopic (exact) mass is 301 g/mol. The van der Waals surface area contributed by atoms with Gasteiger partial charge in [0.15, 0.2) is 0 Å². The summed E-state index contributed by atoms with van der Waals surface area (Å²) in [5, 5.41) is 2.28. The standard InChI is InChI=1S/C15H18F3NO2/c1-2-21-14(20)13(19-9-15(16,17)18)12-6-4-3-5-11(12)10-7-8-10/h3-6,10,13,19H,2,7-9H2,1H3. The Balaban J connectivity index is 2.23. The van der Waals surface area contributed by atoms with Crippen molar-refractivity contribution in [1.29, 1.82) is 0 Å². The highest BCUT2D eigenvalue weighted by Crippen LogP contribution is 2.43. The highest BCUT2D eigenvalue weighted by Gasteiger charge is 2.34. The first-order valence-corrected chi connectivity index (χ1v) is 6.98. The van der Waals surface area contributed by atoms with E-state index in [-0.39, 0.29) is 6.61 Å². The molecule has 1 unspecified atom stereocenters. The van der Waals surface area contributed by atoms with Gasteiger partial charge < -0.3 is 4.74 Å². The SMILES string of the molecule is CCOC(=O)C(NCC(F)(F)F)c1ccccc1C1CC1. The Morgan fingerprint density at radius 3 is 2.62 bits per heavy atom. The summed E-state index contributed by atoms with van der Waals surface area (Å²) in [6, 6.07) is 6.04. The fourth-order valence-corrected chi connectivity index (χ4v) is 2.30. The normalized spacial score (nSPS) is 16.6. The third-order valence-corrected chi connectivity index (χ3v) is 3.35. The van der Waals surface area contributed by atoms with Crippen molar-refractivity contribution in [2.75, 3.05) is 13.2 Å². The Hall–Kier alpha value is -1.56. The summed E-state index contributed by atoms with van der Waals surface area (Å²) in [6.45, 7) is 0.537. The molecule has 6 heteroatoms. The molecular weight excluding hydrogens is 283 g/mol. The highest BCUT2D eigenvalue weighted by atomic mass is 19.4. The Kier molecular flexibility index (Phi) is 4.88. The van der Waals surface area contributed by atoms with E-state index in [1.165, 1.54) is 0 Å². The molecule has 0 aromatic heterocycles. The number of hydrogen-bond donors (Lipinski definition) is 1. The molecule has 0 heterocycles. The zero-order valence-corrected chi connectivity index (χ0v) is 11.7. The summed E-state index contributed by atoms with van der Waals surface area (Å²) >= 11 is 0. The van der Waals surface area contributed by atoms with Crippen LogP contribution in [0.3, 0.4) is 0 Å². The van der Waals surface area contributed by atoms with Crippen LogP contribution in [0.5, 0.6) is 0 Å². The molecule has 0 amide bonds. The van der Waals surface area contributed by atoms with Crippen LogP contribution in [0.1, 0.15) is 42.9 Å². The molecule has 0 spiro atoms. The third kappa shape index (κ3) is 4.46. The predicted octanol–water partition coefficient (Wildman–Crippen LogP) is 3.32. The van der Waals surface area contributed by atoms with Crippen molar-refractivity contribution in [3.63, 3.8) is 0 Å². The van der Waals surface area contributed by atoms with Crippen molar-refractivity contribution >= 4 is 5.97 Å². The van der Waals surface area contributed by atoms with Gasteiger partial charge in [0.25, 0.3) is 0 Å². The number of halogens is 3. The molecule has 2 rings (SSSR count). The van der Waals surface area contributed by atoms with Crippen molar-refractivity contribution in [3.8, 4) is 0 Å². The highest BCUT2D eigenvalue weighted by molar-refractivity contribution is 5.78. The summed E-state index contributed by atoms with van der Waals surface area (Å²) < 4.78 is 42.2. The molecule has 1 fully saturated rings. The molecule has 1 aromatic rings. The maximum Gasteiger partial charge on any atom is 0.401 e. The van der Waals surface area contributed by atoms with E-state index in [0.29, 0.717) is 11.5 Å². The largest absolute Gasteiger partial charge is 0.465 e. The molecule has 1 saturated carbocycles. The molecule has 0 saturated heterocycles. The number of benzene rings is 1. The molecule has 0 aliphatic heterocycles. The van der Waals surface area contributed by atoms with Crippen molar-refractivity contribution in [1.82, 2.24) is 5.32 Å². The van der Waals surface area contributed by atoms with Gasteiger partial charge in [0.2, 0.25) is 0 Å². The van der Waals surface area contributed by atoms with Crippen LogP contribution in [0.4, 0.5) is 13.2 Å². The van der Waals surface area contributed by atoms with Crippen LogP contribution >= 0.6 is 0 Å². The molecule has 0 radical (unpaired) electrons. The molecule has 1 aliphatic rings. The Morgan fingerprint density at radius 1 is 1.38 bits per heavy atom. The van der Waals surface area contributed by atoms with Gasteiger partial charge in [-0.3, -0.25) is 5.32 Å². The fourth-order valence-electron chi connectivity index (χ4n) is 2.30. The second kappa shape index (κ2) is 6.47. The van der Waals surface area contributed by atoms with Gasteiger partial charge in [0.1, 0.15) is 6.04 Å². The summed E-state index contributed by atoms with van der Waals surface area (Å²) in [7, 11) is 0. The summed E-state index contributed by atoms with van der Waals surface area (Å²) in [5.41, 5.74) is 1.52. The van der Waals surface area contributed by atoms with Crippen molar-refractivity contribution in [2.45, 2.75) is 37.9 Å². The maximum absolute atomic E-state index is 12.4. The van der Waals surface area contributed by atoms with E-state index in [2.05, 4.69) is 5.32 Å². The molecule has 21 heavy (non-hydrogen) atoms. The van der Waals surface area contributed by atoms with Crippen LogP contribution in [0.2, 0.25) is 0 Å². The Labute approximate surface area is 121 Å². The lowest BCUT2D eigenvalue weighted by atomic mass is 9.97. The number of alkyl halides is 3. The molecule has 1 aromatic carbocycles. The fraction of sp³-hybridized carbons (Fsp3) is 0.533. The number of hydrogen-bond acceptors (Lipinski definition) is 3. The van der Waals surface area contributed by atoms with Gasteiger partial charge in [0.05, 0.1) is 13.2 Å². The number of nitrogens with one attached hydrogen (secondary N) is 1. The summed E-state index contributed by atoms with van der Waals surface area (Å²) in [6.07, 6.45) is -2.36. The van der Waals surface area contributed by atoms with Gasteiger partial charge >= 0.3 is 12.1 Å². The minimum absolute atomic E-state index is 0.134. The maximum atomic E-state index is 12.4. The first-order valence-electron chi connectivity index (χ1n) is 6.98. The van der Waals surface area contributed by atoms with E-state index >= 15 is 0 Å². The van der Waals surface area contributed by atoms with E-state index in [4.69, 9.17) is 4.74 Å². The van der Waals surface area contributed by atoms with Crippen LogP contribution in [0.25, 0.3) is 0 Å². The van der Waals surface area contributed by atoms with E-state index in [1.54, 1.807) is 19.1 Å². The lowest BCUT2D eigenvalue weighted by Crippen LogP contribution is -2.37. The molecule has 116 valence electrons. The van der Waals surface area contributed by atoms with Crippen molar-refractivity contribution in [3.05, 3.63) is 35.4 Å². The summed E-state index contributed by atoms with van der Waals surface area (Å²) in [5.74, 6) is -0.333. The second-order valence-corrected chi connectivity index (χ2v) is 5.08. The van der Waals surface area contributed by atoms with Crippen LogP contribution in [-0.2, 0) is 9.53 Å². The zero-order chi connectivity index (χ0) is 15.5. The number of esters is 1. The average molecular weight is 301 g/mol. The van der Waals surface area contributed by atoms with Crippen LogP contribution in [0, 0.1) is 0 Å². The second-order valence-electron chi connectivity index (χ2n) is 5.08.